The highest BCUT2D eigenvalue weighted by Gasteiger charge is 2.13. The predicted octanol–water partition coefficient (Wildman–Crippen LogP) is 4.28. The van der Waals surface area contributed by atoms with E-state index >= 15 is 0 Å². The van der Waals surface area contributed by atoms with Gasteiger partial charge < -0.3 is 15.5 Å². The van der Waals surface area contributed by atoms with Gasteiger partial charge in [0.2, 0.25) is 0 Å². The fourth-order valence-electron chi connectivity index (χ4n) is 2.64. The first-order valence-corrected chi connectivity index (χ1v) is 9.55. The van der Waals surface area contributed by atoms with Crippen molar-refractivity contribution < 1.29 is 14.3 Å². The first-order chi connectivity index (χ1) is 14.1. The molecule has 0 aliphatic rings. The maximum atomic E-state index is 12.6. The first kappa shape index (κ1) is 18.5. The van der Waals surface area contributed by atoms with E-state index in [2.05, 4.69) is 15.3 Å². The molecule has 7 nitrogen and oxygen atoms in total. The average Bonchev–Trinajstić information content (AvgIpc) is 3.38. The van der Waals surface area contributed by atoms with Gasteiger partial charge in [-0.2, -0.15) is 0 Å². The minimum absolute atomic E-state index is 0.295. The minimum Gasteiger partial charge on any atom is -0.457 e. The molecule has 0 saturated carbocycles. The number of primary amides is 1. The maximum Gasteiger partial charge on any atom is 0.265 e. The molecule has 2 heterocycles. The number of H-pyrrole nitrogens is 1. The molecule has 0 saturated heterocycles. The number of thiazole rings is 1. The predicted molar refractivity (Wildman–Crippen MR) is 111 cm³/mol. The number of para-hydroxylation sites is 1. The molecule has 4 N–H and O–H groups in total. The zero-order chi connectivity index (χ0) is 20.2. The van der Waals surface area contributed by atoms with E-state index in [9.17, 15) is 9.59 Å². The SMILES string of the molecule is NC(=O)c1cc(-c2csc(NC(=O)c3cccc(Oc4ccccc4)c3)n2)c[nH]1. The van der Waals surface area contributed by atoms with E-state index in [-0.39, 0.29) is 5.91 Å². The van der Waals surface area contributed by atoms with Gasteiger partial charge in [-0.15, -0.1) is 11.3 Å². The normalized spacial score (nSPS) is 10.5. The molecule has 29 heavy (non-hydrogen) atoms. The van der Waals surface area contributed by atoms with E-state index in [1.165, 1.54) is 11.3 Å². The summed E-state index contributed by atoms with van der Waals surface area (Å²) in [6, 6.07) is 17.9. The molecular formula is C21H16N4O3S. The first-order valence-electron chi connectivity index (χ1n) is 8.67. The summed E-state index contributed by atoms with van der Waals surface area (Å²) in [5.41, 5.74) is 7.35. The lowest BCUT2D eigenvalue weighted by atomic mass is 10.2. The van der Waals surface area contributed by atoms with Crippen LogP contribution >= 0.6 is 11.3 Å². The number of carbonyl (C=O) groups is 2. The number of carbonyl (C=O) groups excluding carboxylic acids is 2. The van der Waals surface area contributed by atoms with Gasteiger partial charge in [0.1, 0.15) is 17.2 Å². The molecule has 0 unspecified atom stereocenters. The number of anilines is 1. The number of hydrogen-bond acceptors (Lipinski definition) is 5. The van der Waals surface area contributed by atoms with Gasteiger partial charge >= 0.3 is 0 Å². The Hall–Kier alpha value is -3.91. The summed E-state index contributed by atoms with van der Waals surface area (Å²) < 4.78 is 5.77. The highest BCUT2D eigenvalue weighted by molar-refractivity contribution is 7.14. The lowest BCUT2D eigenvalue weighted by molar-refractivity contribution is 0.0994. The van der Waals surface area contributed by atoms with E-state index < -0.39 is 5.91 Å². The second kappa shape index (κ2) is 7.99. The number of aromatic nitrogens is 2. The zero-order valence-corrected chi connectivity index (χ0v) is 15.9. The van der Waals surface area contributed by atoms with Crippen molar-refractivity contribution in [3.8, 4) is 22.8 Å². The third kappa shape index (κ3) is 4.33. The largest absolute Gasteiger partial charge is 0.457 e. The van der Waals surface area contributed by atoms with Crippen LogP contribution in [-0.4, -0.2) is 21.8 Å². The standard InChI is InChI=1S/C21H16N4O3S/c22-19(26)17-10-14(11-23-17)18-12-29-21(24-18)25-20(27)13-5-4-8-16(9-13)28-15-6-2-1-3-7-15/h1-12,23H,(H2,22,26)(H,24,25,27). The monoisotopic (exact) mass is 404 g/mol. The van der Waals surface area contributed by atoms with Gasteiger partial charge in [-0.05, 0) is 36.4 Å². The minimum atomic E-state index is -0.544. The number of ether oxygens (including phenoxy) is 1. The Labute approximate surface area is 170 Å². The maximum absolute atomic E-state index is 12.6. The van der Waals surface area contributed by atoms with Crippen LogP contribution in [0.3, 0.4) is 0 Å². The van der Waals surface area contributed by atoms with Crippen LogP contribution in [0.4, 0.5) is 5.13 Å². The molecule has 0 fully saturated rings. The second-order valence-electron chi connectivity index (χ2n) is 6.10. The molecule has 0 bridgehead atoms. The summed E-state index contributed by atoms with van der Waals surface area (Å²) in [6.07, 6.45) is 1.64. The molecule has 0 spiro atoms. The summed E-state index contributed by atoms with van der Waals surface area (Å²) in [5.74, 6) is 0.417. The number of nitrogens with zero attached hydrogens (tertiary/aromatic N) is 1. The van der Waals surface area contributed by atoms with Crippen molar-refractivity contribution in [2.75, 3.05) is 5.32 Å². The highest BCUT2D eigenvalue weighted by Crippen LogP contribution is 2.26. The Kier molecular flexibility index (Phi) is 5.08. The van der Waals surface area contributed by atoms with Gasteiger partial charge in [-0.1, -0.05) is 24.3 Å². The smallest absolute Gasteiger partial charge is 0.265 e. The van der Waals surface area contributed by atoms with Crippen LogP contribution < -0.4 is 15.8 Å². The summed E-state index contributed by atoms with van der Waals surface area (Å²) in [5, 5.41) is 5.02. The topological polar surface area (TPSA) is 110 Å². The van der Waals surface area contributed by atoms with E-state index in [4.69, 9.17) is 10.5 Å². The van der Waals surface area contributed by atoms with Crippen LogP contribution in [0, 0.1) is 0 Å². The Morgan fingerprint density at radius 2 is 1.83 bits per heavy atom. The molecule has 0 radical (unpaired) electrons. The number of nitrogens with two attached hydrogens (primary N) is 1. The van der Waals surface area contributed by atoms with Crippen molar-refractivity contribution >= 4 is 28.3 Å². The van der Waals surface area contributed by atoms with Crippen molar-refractivity contribution in [2.45, 2.75) is 0 Å². The quantitative estimate of drug-likeness (QED) is 0.445. The summed E-state index contributed by atoms with van der Waals surface area (Å²) >= 11 is 1.29. The number of rotatable bonds is 6. The molecule has 4 aromatic rings. The van der Waals surface area contributed by atoms with E-state index in [1.807, 2.05) is 30.3 Å². The molecule has 2 amide bonds. The molecule has 8 heteroatoms. The fraction of sp³-hybridized carbons (Fsp3) is 0. The van der Waals surface area contributed by atoms with Gasteiger partial charge in [0, 0.05) is 22.7 Å². The third-order valence-corrected chi connectivity index (χ3v) is 4.80. The van der Waals surface area contributed by atoms with Crippen LogP contribution in [0.2, 0.25) is 0 Å². The Morgan fingerprint density at radius 1 is 1.03 bits per heavy atom. The van der Waals surface area contributed by atoms with Crippen molar-refractivity contribution in [2.24, 2.45) is 5.73 Å². The summed E-state index contributed by atoms with van der Waals surface area (Å²) in [6.45, 7) is 0. The number of hydrogen-bond donors (Lipinski definition) is 3. The Balaban J connectivity index is 1.46. The molecule has 0 aliphatic heterocycles. The molecule has 2 aromatic heterocycles. The number of benzene rings is 2. The van der Waals surface area contributed by atoms with Crippen LogP contribution in [0.1, 0.15) is 20.8 Å². The van der Waals surface area contributed by atoms with Crippen LogP contribution in [0.5, 0.6) is 11.5 Å². The van der Waals surface area contributed by atoms with Crippen LogP contribution in [-0.2, 0) is 0 Å². The van der Waals surface area contributed by atoms with Crippen LogP contribution in [0.25, 0.3) is 11.3 Å². The summed E-state index contributed by atoms with van der Waals surface area (Å²) in [7, 11) is 0. The lowest BCUT2D eigenvalue weighted by Crippen LogP contribution is -2.11. The molecule has 4 rings (SSSR count). The van der Waals surface area contributed by atoms with Gasteiger partial charge in [-0.3, -0.25) is 14.9 Å². The Morgan fingerprint density at radius 3 is 2.59 bits per heavy atom. The second-order valence-corrected chi connectivity index (χ2v) is 6.96. The lowest BCUT2D eigenvalue weighted by Gasteiger charge is -2.07. The number of aromatic amines is 1. The van der Waals surface area contributed by atoms with Crippen LogP contribution in [0.15, 0.2) is 72.2 Å². The van der Waals surface area contributed by atoms with Gasteiger partial charge in [0.05, 0.1) is 5.69 Å². The number of amides is 2. The molecule has 144 valence electrons. The molecule has 0 aliphatic carbocycles. The fourth-order valence-corrected chi connectivity index (χ4v) is 3.36. The van der Waals surface area contributed by atoms with Gasteiger partial charge in [0.25, 0.3) is 11.8 Å². The zero-order valence-electron chi connectivity index (χ0n) is 15.1. The van der Waals surface area contributed by atoms with E-state index in [0.29, 0.717) is 39.1 Å². The van der Waals surface area contributed by atoms with E-state index in [0.717, 1.165) is 0 Å². The molecule has 0 atom stereocenters. The number of nitrogens with one attached hydrogen (secondary N) is 2. The van der Waals surface area contributed by atoms with Crippen molar-refractivity contribution in [3.63, 3.8) is 0 Å². The molecular weight excluding hydrogens is 388 g/mol. The molecule has 2 aromatic carbocycles. The Bertz CT molecular complexity index is 1170. The van der Waals surface area contributed by atoms with Crippen molar-refractivity contribution in [1.29, 1.82) is 0 Å². The average molecular weight is 404 g/mol. The van der Waals surface area contributed by atoms with Gasteiger partial charge in [-0.25, -0.2) is 4.98 Å². The van der Waals surface area contributed by atoms with Gasteiger partial charge in [0.15, 0.2) is 5.13 Å². The highest BCUT2D eigenvalue weighted by atomic mass is 32.1. The third-order valence-electron chi connectivity index (χ3n) is 4.04. The van der Waals surface area contributed by atoms with Crippen molar-refractivity contribution in [1.82, 2.24) is 9.97 Å². The summed E-state index contributed by atoms with van der Waals surface area (Å²) in [4.78, 5) is 31.0. The van der Waals surface area contributed by atoms with E-state index in [1.54, 1.807) is 41.9 Å². The van der Waals surface area contributed by atoms with Crippen molar-refractivity contribution in [3.05, 3.63) is 83.5 Å².